The molecule has 0 amide bonds. The van der Waals surface area contributed by atoms with E-state index in [2.05, 4.69) is 22.9 Å². The summed E-state index contributed by atoms with van der Waals surface area (Å²) in [6, 6.07) is 7.88. The summed E-state index contributed by atoms with van der Waals surface area (Å²) in [5, 5.41) is 9.29. The Morgan fingerprint density at radius 1 is 1.47 bits per heavy atom. The molecule has 1 aromatic carbocycles. The van der Waals surface area contributed by atoms with Crippen molar-refractivity contribution in [3.63, 3.8) is 0 Å². The normalized spacial score (nSPS) is 14.3. The number of hydrogen-bond acceptors (Lipinski definition) is 1. The maximum atomic E-state index is 11.3. The van der Waals surface area contributed by atoms with Crippen LogP contribution in [0.25, 0.3) is 0 Å². The predicted octanol–water partition coefficient (Wildman–Crippen LogP) is 4.13. The fourth-order valence-corrected chi connectivity index (χ4v) is 2.55. The quantitative estimate of drug-likeness (QED) is 0.857. The highest BCUT2D eigenvalue weighted by Gasteiger charge is 2.24. The van der Waals surface area contributed by atoms with E-state index in [1.807, 2.05) is 31.2 Å². The Hall–Kier alpha value is -0.830. The molecule has 3 heteroatoms. The van der Waals surface area contributed by atoms with Crippen molar-refractivity contribution < 1.29 is 9.90 Å². The van der Waals surface area contributed by atoms with E-state index < -0.39 is 5.97 Å². The standard InChI is InChI=1S/C14H19BrO2/c1-3-5-10(2)13(14(16)17)9-11-6-4-7-12(15)8-11/h4,6-8,10,13H,3,5,9H2,1-2H3,(H,16,17). The minimum absolute atomic E-state index is 0.219. The van der Waals surface area contributed by atoms with E-state index >= 15 is 0 Å². The Kier molecular flexibility index (Phi) is 5.69. The Bertz CT molecular complexity index is 376. The fraction of sp³-hybridized carbons (Fsp3) is 0.500. The SMILES string of the molecule is CCCC(C)C(Cc1cccc(Br)c1)C(=O)O. The van der Waals surface area contributed by atoms with Gasteiger partial charge >= 0.3 is 5.97 Å². The molecule has 1 rings (SSSR count). The van der Waals surface area contributed by atoms with Crippen LogP contribution in [-0.2, 0) is 11.2 Å². The van der Waals surface area contributed by atoms with E-state index in [4.69, 9.17) is 0 Å². The van der Waals surface area contributed by atoms with E-state index in [1.165, 1.54) is 0 Å². The van der Waals surface area contributed by atoms with E-state index in [9.17, 15) is 9.90 Å². The Labute approximate surface area is 111 Å². The molecule has 2 nitrogen and oxygen atoms in total. The molecule has 1 N–H and O–H groups in total. The van der Waals surface area contributed by atoms with Gasteiger partial charge in [-0.25, -0.2) is 0 Å². The van der Waals surface area contributed by atoms with Gasteiger partial charge in [0.2, 0.25) is 0 Å². The molecule has 2 unspecified atom stereocenters. The van der Waals surface area contributed by atoms with Crippen LogP contribution in [0.2, 0.25) is 0 Å². The lowest BCUT2D eigenvalue weighted by atomic mass is 9.85. The topological polar surface area (TPSA) is 37.3 Å². The lowest BCUT2D eigenvalue weighted by Crippen LogP contribution is -2.24. The highest BCUT2D eigenvalue weighted by atomic mass is 79.9. The number of rotatable bonds is 6. The number of benzene rings is 1. The van der Waals surface area contributed by atoms with E-state index in [-0.39, 0.29) is 11.8 Å². The van der Waals surface area contributed by atoms with Gasteiger partial charge in [0.1, 0.15) is 0 Å². The van der Waals surface area contributed by atoms with Crippen molar-refractivity contribution in [2.75, 3.05) is 0 Å². The van der Waals surface area contributed by atoms with Gasteiger partial charge in [-0.1, -0.05) is 54.8 Å². The number of carboxylic acids is 1. The molecule has 17 heavy (non-hydrogen) atoms. The third-order valence-corrected chi connectivity index (χ3v) is 3.59. The zero-order chi connectivity index (χ0) is 12.8. The smallest absolute Gasteiger partial charge is 0.307 e. The van der Waals surface area contributed by atoms with Gasteiger partial charge < -0.3 is 5.11 Å². The Morgan fingerprint density at radius 2 is 2.18 bits per heavy atom. The molecule has 0 aliphatic heterocycles. The second-order valence-electron chi connectivity index (χ2n) is 4.54. The van der Waals surface area contributed by atoms with Gasteiger partial charge in [-0.3, -0.25) is 4.79 Å². The molecule has 0 aliphatic carbocycles. The number of carboxylic acid groups (broad SMARTS) is 1. The summed E-state index contributed by atoms with van der Waals surface area (Å²) in [7, 11) is 0. The maximum absolute atomic E-state index is 11.3. The molecule has 0 fully saturated rings. The van der Waals surface area contributed by atoms with Crippen LogP contribution in [0.1, 0.15) is 32.3 Å². The van der Waals surface area contributed by atoms with Gasteiger partial charge in [0.05, 0.1) is 5.92 Å². The monoisotopic (exact) mass is 298 g/mol. The zero-order valence-electron chi connectivity index (χ0n) is 10.3. The summed E-state index contributed by atoms with van der Waals surface area (Å²) in [6.45, 7) is 4.12. The highest BCUT2D eigenvalue weighted by Crippen LogP contribution is 2.23. The number of aliphatic carboxylic acids is 1. The minimum Gasteiger partial charge on any atom is -0.481 e. The summed E-state index contributed by atoms with van der Waals surface area (Å²) in [5.74, 6) is -0.758. The lowest BCUT2D eigenvalue weighted by Gasteiger charge is -2.19. The first kappa shape index (κ1) is 14.2. The molecule has 0 radical (unpaired) electrons. The predicted molar refractivity (Wildman–Crippen MR) is 73.0 cm³/mol. The lowest BCUT2D eigenvalue weighted by molar-refractivity contribution is -0.143. The molecule has 0 saturated heterocycles. The molecule has 0 aromatic heterocycles. The van der Waals surface area contributed by atoms with Gasteiger partial charge in [0.15, 0.2) is 0 Å². The van der Waals surface area contributed by atoms with Crippen LogP contribution in [0, 0.1) is 11.8 Å². The molecule has 0 bridgehead atoms. The number of carbonyl (C=O) groups is 1. The van der Waals surface area contributed by atoms with Gasteiger partial charge in [-0.15, -0.1) is 0 Å². The van der Waals surface area contributed by atoms with Crippen LogP contribution < -0.4 is 0 Å². The average molecular weight is 299 g/mol. The molecule has 2 atom stereocenters. The summed E-state index contributed by atoms with van der Waals surface area (Å²) in [5.41, 5.74) is 1.08. The molecule has 0 spiro atoms. The molecule has 0 saturated carbocycles. The van der Waals surface area contributed by atoms with Gasteiger partial charge in [0, 0.05) is 4.47 Å². The van der Waals surface area contributed by atoms with Gasteiger partial charge in [0.25, 0.3) is 0 Å². The number of hydrogen-bond donors (Lipinski definition) is 1. The van der Waals surface area contributed by atoms with Crippen molar-refractivity contribution in [2.45, 2.75) is 33.1 Å². The zero-order valence-corrected chi connectivity index (χ0v) is 11.9. The highest BCUT2D eigenvalue weighted by molar-refractivity contribution is 9.10. The van der Waals surface area contributed by atoms with Crippen LogP contribution in [0.3, 0.4) is 0 Å². The first-order valence-corrected chi connectivity index (χ1v) is 6.81. The molecule has 1 aromatic rings. The van der Waals surface area contributed by atoms with Crippen molar-refractivity contribution in [1.29, 1.82) is 0 Å². The summed E-state index contributed by atoms with van der Waals surface area (Å²) in [6.07, 6.45) is 2.60. The third kappa shape index (κ3) is 4.50. The Balaban J connectivity index is 2.76. The first-order chi connectivity index (χ1) is 8.04. The molecule has 0 aliphatic rings. The van der Waals surface area contributed by atoms with Crippen LogP contribution in [-0.4, -0.2) is 11.1 Å². The largest absolute Gasteiger partial charge is 0.481 e. The van der Waals surface area contributed by atoms with Crippen molar-refractivity contribution >= 4 is 21.9 Å². The van der Waals surface area contributed by atoms with E-state index in [0.717, 1.165) is 22.9 Å². The van der Waals surface area contributed by atoms with Crippen LogP contribution >= 0.6 is 15.9 Å². The van der Waals surface area contributed by atoms with Crippen molar-refractivity contribution in [3.05, 3.63) is 34.3 Å². The Morgan fingerprint density at radius 3 is 2.71 bits per heavy atom. The van der Waals surface area contributed by atoms with E-state index in [1.54, 1.807) is 0 Å². The minimum atomic E-state index is -0.689. The summed E-state index contributed by atoms with van der Waals surface area (Å²) < 4.78 is 1.00. The first-order valence-electron chi connectivity index (χ1n) is 6.01. The van der Waals surface area contributed by atoms with Crippen molar-refractivity contribution in [3.8, 4) is 0 Å². The summed E-state index contributed by atoms with van der Waals surface area (Å²) >= 11 is 3.41. The van der Waals surface area contributed by atoms with Crippen LogP contribution in [0.5, 0.6) is 0 Å². The van der Waals surface area contributed by atoms with Crippen molar-refractivity contribution in [1.82, 2.24) is 0 Å². The van der Waals surface area contributed by atoms with E-state index in [0.29, 0.717) is 6.42 Å². The molecular weight excluding hydrogens is 280 g/mol. The van der Waals surface area contributed by atoms with Crippen LogP contribution in [0.15, 0.2) is 28.7 Å². The third-order valence-electron chi connectivity index (χ3n) is 3.09. The molecule has 94 valence electrons. The second-order valence-corrected chi connectivity index (χ2v) is 5.46. The fourth-order valence-electron chi connectivity index (χ4n) is 2.11. The maximum Gasteiger partial charge on any atom is 0.307 e. The summed E-state index contributed by atoms with van der Waals surface area (Å²) in [4.78, 5) is 11.3. The second kappa shape index (κ2) is 6.80. The van der Waals surface area contributed by atoms with Crippen molar-refractivity contribution in [2.24, 2.45) is 11.8 Å². The molecular formula is C14H19BrO2. The average Bonchev–Trinajstić information content (AvgIpc) is 2.26. The number of halogens is 1. The molecule has 0 heterocycles. The van der Waals surface area contributed by atoms with Gasteiger partial charge in [-0.2, -0.15) is 0 Å². The van der Waals surface area contributed by atoms with Gasteiger partial charge in [-0.05, 0) is 30.0 Å². The van der Waals surface area contributed by atoms with Crippen LogP contribution in [0.4, 0.5) is 0 Å².